The number of para-hydroxylation sites is 1. The largest absolute Gasteiger partial charge is 0.356 e. The molecule has 19 heavy (non-hydrogen) atoms. The monoisotopic (exact) mass is 274 g/mol. The second-order valence-corrected chi connectivity index (χ2v) is 5.76. The summed E-state index contributed by atoms with van der Waals surface area (Å²) in [6, 6.07) is 7.73. The number of aromatic nitrogens is 1. The smallest absolute Gasteiger partial charge is 0.223 e. The summed E-state index contributed by atoms with van der Waals surface area (Å²) in [5, 5.41) is 3.35. The van der Waals surface area contributed by atoms with Gasteiger partial charge in [-0.3, -0.25) is 9.59 Å². The lowest BCUT2D eigenvalue weighted by molar-refractivity contribution is -0.122. The Morgan fingerprint density at radius 3 is 3.00 bits per heavy atom. The summed E-state index contributed by atoms with van der Waals surface area (Å²) in [6.07, 6.45) is 1.87. The molecule has 1 amide bonds. The molecule has 0 radical (unpaired) electrons. The van der Waals surface area contributed by atoms with E-state index in [2.05, 4.69) is 10.3 Å². The highest BCUT2D eigenvalue weighted by molar-refractivity contribution is 7.20. The van der Waals surface area contributed by atoms with Crippen molar-refractivity contribution >= 4 is 33.2 Å². The molecule has 1 aromatic carbocycles. The summed E-state index contributed by atoms with van der Waals surface area (Å²) in [6.45, 7) is 0.735. The molecular formula is C14H14N2O2S. The summed E-state index contributed by atoms with van der Waals surface area (Å²) in [5.74, 6) is 0.122. The zero-order valence-electron chi connectivity index (χ0n) is 10.4. The first kappa shape index (κ1) is 12.3. The van der Waals surface area contributed by atoms with Gasteiger partial charge in [-0.15, -0.1) is 11.3 Å². The molecule has 0 bridgehead atoms. The molecule has 0 unspecified atom stereocenters. The number of hydrogen-bond donors (Lipinski definition) is 1. The fraction of sp³-hybridized carbons (Fsp3) is 0.357. The van der Waals surface area contributed by atoms with Gasteiger partial charge in [-0.2, -0.15) is 0 Å². The fourth-order valence-corrected chi connectivity index (χ4v) is 3.26. The number of rotatable bonds is 4. The second kappa shape index (κ2) is 5.09. The SMILES string of the molecule is O=C(CC[C@H]1CCNC1=O)c1nc2ccccc2s1. The predicted molar refractivity (Wildman–Crippen MR) is 74.3 cm³/mol. The second-order valence-electron chi connectivity index (χ2n) is 4.73. The number of Topliss-reactive ketones (excluding diaryl/α,β-unsaturated/α-hetero) is 1. The van der Waals surface area contributed by atoms with Crippen LogP contribution in [0.5, 0.6) is 0 Å². The molecule has 4 nitrogen and oxygen atoms in total. The average Bonchev–Trinajstić information content (AvgIpc) is 3.01. The van der Waals surface area contributed by atoms with Crippen LogP contribution >= 0.6 is 11.3 Å². The number of hydrogen-bond acceptors (Lipinski definition) is 4. The number of benzene rings is 1. The Bertz CT molecular complexity index is 602. The van der Waals surface area contributed by atoms with Gasteiger partial charge in [0.1, 0.15) is 0 Å². The van der Waals surface area contributed by atoms with Crippen molar-refractivity contribution in [2.75, 3.05) is 6.54 Å². The van der Waals surface area contributed by atoms with E-state index in [0.29, 0.717) is 17.8 Å². The highest BCUT2D eigenvalue weighted by atomic mass is 32.1. The van der Waals surface area contributed by atoms with Gasteiger partial charge >= 0.3 is 0 Å². The van der Waals surface area contributed by atoms with E-state index in [1.807, 2.05) is 24.3 Å². The molecule has 1 fully saturated rings. The van der Waals surface area contributed by atoms with Gasteiger partial charge in [-0.05, 0) is 25.0 Å². The van der Waals surface area contributed by atoms with Gasteiger partial charge in [0, 0.05) is 18.9 Å². The Hall–Kier alpha value is -1.75. The number of carbonyl (C=O) groups is 2. The summed E-state index contributed by atoms with van der Waals surface area (Å²) < 4.78 is 1.03. The topological polar surface area (TPSA) is 59.1 Å². The average molecular weight is 274 g/mol. The minimum absolute atomic E-state index is 0.00155. The van der Waals surface area contributed by atoms with Crippen molar-refractivity contribution in [1.82, 2.24) is 10.3 Å². The highest BCUT2D eigenvalue weighted by Gasteiger charge is 2.25. The summed E-state index contributed by atoms with van der Waals surface area (Å²) in [4.78, 5) is 27.9. The minimum Gasteiger partial charge on any atom is -0.356 e. The van der Waals surface area contributed by atoms with Crippen molar-refractivity contribution in [3.63, 3.8) is 0 Å². The molecule has 2 heterocycles. The normalized spacial score (nSPS) is 18.7. The molecule has 3 rings (SSSR count). The van der Waals surface area contributed by atoms with Gasteiger partial charge in [0.25, 0.3) is 0 Å². The number of ketones is 1. The van der Waals surface area contributed by atoms with Crippen LogP contribution in [0.4, 0.5) is 0 Å². The first-order chi connectivity index (χ1) is 9.24. The Balaban J connectivity index is 1.68. The first-order valence-electron chi connectivity index (χ1n) is 6.40. The maximum atomic E-state index is 12.1. The number of amides is 1. The molecule has 0 aliphatic carbocycles. The van der Waals surface area contributed by atoms with Crippen molar-refractivity contribution in [2.24, 2.45) is 5.92 Å². The fourth-order valence-electron chi connectivity index (χ4n) is 2.32. The molecule has 1 atom stereocenters. The van der Waals surface area contributed by atoms with Crippen molar-refractivity contribution in [2.45, 2.75) is 19.3 Å². The van der Waals surface area contributed by atoms with Crippen LogP contribution in [-0.2, 0) is 4.79 Å². The third kappa shape index (κ3) is 2.51. The van der Waals surface area contributed by atoms with Crippen molar-refractivity contribution in [1.29, 1.82) is 0 Å². The van der Waals surface area contributed by atoms with Crippen LogP contribution in [-0.4, -0.2) is 23.2 Å². The van der Waals surface area contributed by atoms with Crippen molar-refractivity contribution in [3.05, 3.63) is 29.3 Å². The molecule has 0 saturated carbocycles. The van der Waals surface area contributed by atoms with E-state index in [1.165, 1.54) is 11.3 Å². The van der Waals surface area contributed by atoms with Crippen LogP contribution in [0.1, 0.15) is 29.1 Å². The summed E-state index contributed by atoms with van der Waals surface area (Å²) in [5.41, 5.74) is 0.870. The molecule has 1 N–H and O–H groups in total. The number of fused-ring (bicyclic) bond motifs is 1. The number of carbonyl (C=O) groups excluding carboxylic acids is 2. The molecule has 2 aromatic rings. The molecule has 1 aliphatic heterocycles. The molecule has 1 aliphatic rings. The lowest BCUT2D eigenvalue weighted by Crippen LogP contribution is -2.19. The lowest BCUT2D eigenvalue weighted by atomic mass is 10.0. The zero-order valence-corrected chi connectivity index (χ0v) is 11.2. The van der Waals surface area contributed by atoms with Crippen LogP contribution in [0.3, 0.4) is 0 Å². The molecule has 1 aromatic heterocycles. The maximum absolute atomic E-state index is 12.1. The van der Waals surface area contributed by atoms with Gasteiger partial charge in [-0.1, -0.05) is 12.1 Å². The Kier molecular flexibility index (Phi) is 3.29. The third-order valence-corrected chi connectivity index (χ3v) is 4.49. The van der Waals surface area contributed by atoms with Crippen molar-refractivity contribution in [3.8, 4) is 0 Å². The zero-order chi connectivity index (χ0) is 13.2. The molecule has 98 valence electrons. The quantitative estimate of drug-likeness (QED) is 0.871. The van der Waals surface area contributed by atoms with Crippen LogP contribution in [0.2, 0.25) is 0 Å². The Labute approximate surface area is 114 Å². The lowest BCUT2D eigenvalue weighted by Gasteiger charge is -2.03. The molecule has 0 spiro atoms. The van der Waals surface area contributed by atoms with E-state index >= 15 is 0 Å². The van der Waals surface area contributed by atoms with Gasteiger partial charge in [0.15, 0.2) is 10.8 Å². The predicted octanol–water partition coefficient (Wildman–Crippen LogP) is 2.40. The van der Waals surface area contributed by atoms with E-state index in [9.17, 15) is 9.59 Å². The standard InChI is InChI=1S/C14H14N2O2S/c17-11(6-5-9-7-8-15-13(9)18)14-16-10-3-1-2-4-12(10)19-14/h1-4,9H,5-8H2,(H,15,18)/t9-/m0/s1. The molecule has 1 saturated heterocycles. The van der Waals surface area contributed by atoms with Gasteiger partial charge in [0.2, 0.25) is 5.91 Å². The minimum atomic E-state index is -0.00155. The molecule has 5 heteroatoms. The summed E-state index contributed by atoms with van der Waals surface area (Å²) >= 11 is 1.43. The Morgan fingerprint density at radius 2 is 2.26 bits per heavy atom. The van der Waals surface area contributed by atoms with Gasteiger partial charge < -0.3 is 5.32 Å². The van der Waals surface area contributed by atoms with Crippen LogP contribution in [0, 0.1) is 5.92 Å². The first-order valence-corrected chi connectivity index (χ1v) is 7.22. The van der Waals surface area contributed by atoms with E-state index in [4.69, 9.17) is 0 Å². The summed E-state index contributed by atoms with van der Waals surface area (Å²) in [7, 11) is 0. The third-order valence-electron chi connectivity index (χ3n) is 3.42. The van der Waals surface area contributed by atoms with Crippen LogP contribution in [0.25, 0.3) is 10.2 Å². The number of thiazole rings is 1. The van der Waals surface area contributed by atoms with E-state index < -0.39 is 0 Å². The van der Waals surface area contributed by atoms with Crippen LogP contribution < -0.4 is 5.32 Å². The van der Waals surface area contributed by atoms with E-state index in [1.54, 1.807) is 0 Å². The van der Waals surface area contributed by atoms with E-state index in [0.717, 1.165) is 23.2 Å². The number of nitrogens with zero attached hydrogens (tertiary/aromatic N) is 1. The van der Waals surface area contributed by atoms with Gasteiger partial charge in [0.05, 0.1) is 10.2 Å². The van der Waals surface area contributed by atoms with Crippen molar-refractivity contribution < 1.29 is 9.59 Å². The van der Waals surface area contributed by atoms with Gasteiger partial charge in [-0.25, -0.2) is 4.98 Å². The maximum Gasteiger partial charge on any atom is 0.223 e. The molecular weight excluding hydrogens is 260 g/mol. The highest BCUT2D eigenvalue weighted by Crippen LogP contribution is 2.24. The Morgan fingerprint density at radius 1 is 1.42 bits per heavy atom. The van der Waals surface area contributed by atoms with Crippen LogP contribution in [0.15, 0.2) is 24.3 Å². The number of nitrogens with one attached hydrogen (secondary N) is 1. The van der Waals surface area contributed by atoms with E-state index in [-0.39, 0.29) is 17.6 Å².